The van der Waals surface area contributed by atoms with E-state index < -0.39 is 109 Å². The second-order valence-electron chi connectivity index (χ2n) is 33.0. The van der Waals surface area contributed by atoms with Gasteiger partial charge in [0.2, 0.25) is 0 Å². The number of esters is 3. The summed E-state index contributed by atoms with van der Waals surface area (Å²) in [7, 11) is 0.214. The Labute approximate surface area is 919 Å². The molecular weight excluding hydrogens is 2010 g/mol. The van der Waals surface area contributed by atoms with Gasteiger partial charge in [-0.1, -0.05) is 204 Å². The molecule has 12 aromatic rings. The first-order valence-electron chi connectivity index (χ1n) is 42.2. The number of para-hydroxylation sites is 5. The molecule has 142 heavy (non-hydrogen) atoms. The number of H-pyrrole nitrogens is 5. The van der Waals surface area contributed by atoms with Crippen LogP contribution in [-0.4, -0.2) is 172 Å². The van der Waals surface area contributed by atoms with Crippen molar-refractivity contribution in [2.24, 2.45) is 5.73 Å². The van der Waals surface area contributed by atoms with Gasteiger partial charge in [0.25, 0.3) is 0 Å². The number of fused-ring (bicyclic) bond motifs is 8. The summed E-state index contributed by atoms with van der Waals surface area (Å²) < 4.78 is 65.6. The number of alkyl carbamates (subject to hydrolysis) is 4. The third-order valence-corrected chi connectivity index (χ3v) is 21.2. The van der Waals surface area contributed by atoms with Crippen LogP contribution >= 0.6 is 83.4 Å². The minimum Gasteiger partial charge on any atom is -0.521 e. The number of rotatable bonds is 25. The molecule has 1 aliphatic rings. The number of carbonyl (C=O) groups is 9. The number of nitrogens with two attached hydrogens (primary N) is 1. The fraction of sp³-hybridized carbons (Fsp3) is 0.369. The molecule has 7 aromatic carbocycles. The van der Waals surface area contributed by atoms with E-state index in [-0.39, 0.29) is 181 Å². The number of hydrogen-bond donors (Lipinski definition) is 12. The second-order valence-corrected chi connectivity index (χ2v) is 33.9. The van der Waals surface area contributed by atoms with Crippen LogP contribution < -0.4 is 78.4 Å². The number of methoxy groups -OCH3 is 3. The Morgan fingerprint density at radius 1 is 0.423 bits per heavy atom. The smallest absolute Gasteiger partial charge is 0.521 e. The topological polar surface area (TPSA) is 412 Å². The van der Waals surface area contributed by atoms with Gasteiger partial charge in [-0.3, -0.25) is 24.3 Å². The molecule has 13 rings (SSSR count). The van der Waals surface area contributed by atoms with Crippen LogP contribution in [0.3, 0.4) is 0 Å². The predicted molar refractivity (Wildman–Crippen MR) is 591 cm³/mol. The van der Waals surface area contributed by atoms with Gasteiger partial charge in [-0.05, 0) is 176 Å². The van der Waals surface area contributed by atoms with Crippen LogP contribution in [0.2, 0.25) is 0 Å². The fourth-order valence-corrected chi connectivity index (χ4v) is 15.2. The quantitative estimate of drug-likeness (QED) is 0.0109. The van der Waals surface area contributed by atoms with E-state index in [1.807, 2.05) is 146 Å². The molecule has 5 aromatic heterocycles. The number of carboxylic acids is 2. The molecule has 39 heteroatoms. The summed E-state index contributed by atoms with van der Waals surface area (Å²) in [6.07, 6.45) is 12.4. The van der Waals surface area contributed by atoms with Crippen LogP contribution in [0.25, 0.3) is 71.7 Å². The predicted octanol–water partition coefficient (Wildman–Crippen LogP) is 19.5. The molecule has 0 saturated heterocycles. The van der Waals surface area contributed by atoms with Crippen LogP contribution in [0.5, 0.6) is 0 Å². The van der Waals surface area contributed by atoms with Crippen molar-refractivity contribution in [3.63, 3.8) is 0 Å². The van der Waals surface area contributed by atoms with E-state index in [9.17, 15) is 61.2 Å². The zero-order chi connectivity index (χ0) is 96.8. The molecule has 5 atom stereocenters. The first-order chi connectivity index (χ1) is 62.1. The van der Waals surface area contributed by atoms with Gasteiger partial charge >= 0.3 is 113 Å². The molecule has 4 amide bonds. The van der Waals surface area contributed by atoms with Gasteiger partial charge in [-0.15, -0.1) is 0 Å². The molecule has 0 bridgehead atoms. The SMILES string of the molecule is C.C.C.C.C.C=Cc1cccc2c(C[C@H](NC(=O)OC(C)(C)C)C(=O)OC)c[nH]c12.CCc1cccc2c(C[C@H](N)C(=O)O)c[nH]c12.CCc1cccc2c(C[C@H](NC(=O)OC(C)(C)C)C(=O)OC)c[nH]c12.CCc1cccc2c(C[C@H](NC(=O)OCC3c4ccccc4-c4ccccc43)C(=O)O)c[nH]c12.COC(=O)[C@H](Cc1c[nH]c2c(Br)cccc12)NC(=O)OC(C)(C)C.FB(F)F.S.S.S.S.S.[CH-]=C.[K+]. The summed E-state index contributed by atoms with van der Waals surface area (Å²) >= 11 is 3.48. The van der Waals surface area contributed by atoms with Gasteiger partial charge < -0.3 is 102 Å². The molecule has 1 aliphatic carbocycles. The van der Waals surface area contributed by atoms with E-state index in [2.05, 4.69) is 127 Å². The Morgan fingerprint density at radius 3 is 1.00 bits per heavy atom. The molecular formula is C103H146BBrF3KN10O18S5. The van der Waals surface area contributed by atoms with E-state index in [1.165, 1.54) is 38.0 Å². The molecule has 778 valence electrons. The third-order valence-electron chi connectivity index (χ3n) is 20.5. The van der Waals surface area contributed by atoms with Gasteiger partial charge in [0.1, 0.15) is 53.6 Å². The average Bonchev–Trinajstić information content (AvgIpc) is 1.61. The minimum absolute atomic E-state index is 0. The Bertz CT molecular complexity index is 5920. The number of carboxylic acid groups (broad SMARTS) is 2. The number of aliphatic carboxylic acids is 2. The van der Waals surface area contributed by atoms with E-state index in [0.29, 0.717) is 19.3 Å². The maximum Gasteiger partial charge on any atom is 1.00 e. The minimum atomic E-state index is -3.67. The Kier molecular flexibility index (Phi) is 65.9. The van der Waals surface area contributed by atoms with Crippen molar-refractivity contribution in [2.45, 2.75) is 225 Å². The number of ether oxygens (including phenoxy) is 7. The Hall–Kier alpha value is -10.2. The van der Waals surface area contributed by atoms with E-state index in [0.717, 1.165) is 134 Å². The molecule has 0 radical (unpaired) electrons. The van der Waals surface area contributed by atoms with Crippen LogP contribution in [-0.2, 0) is 108 Å². The first kappa shape index (κ1) is 140. The van der Waals surface area contributed by atoms with Crippen LogP contribution in [0.15, 0.2) is 188 Å². The monoisotopic (exact) mass is 2160 g/mol. The van der Waals surface area contributed by atoms with Gasteiger partial charge in [-0.25, -0.2) is 38.4 Å². The normalized spacial score (nSPS) is 11.5. The number of hydrogen-bond acceptors (Lipinski definition) is 17. The summed E-state index contributed by atoms with van der Waals surface area (Å²) in [6, 6.07) is 41.5. The number of amides is 4. The maximum absolute atomic E-state index is 12.6. The Balaban J connectivity index is -0.000000539. The Morgan fingerprint density at radius 2 is 0.697 bits per heavy atom. The van der Waals surface area contributed by atoms with Crippen molar-refractivity contribution in [3.8, 4) is 11.1 Å². The molecule has 0 fully saturated rings. The molecule has 13 N–H and O–H groups in total. The number of halogens is 4. The molecule has 0 aliphatic heterocycles. The van der Waals surface area contributed by atoms with Crippen molar-refractivity contribution in [1.82, 2.24) is 46.2 Å². The molecule has 5 heterocycles. The van der Waals surface area contributed by atoms with Crippen LogP contribution in [0, 0.1) is 6.58 Å². The zero-order valence-electron chi connectivity index (χ0n) is 79.7. The first-order valence-corrected chi connectivity index (χ1v) is 43.0. The molecule has 28 nitrogen and oxygen atoms in total. The number of aromatic nitrogens is 5. The van der Waals surface area contributed by atoms with Crippen molar-refractivity contribution in [3.05, 3.63) is 256 Å². The standard InChI is InChI=1S/C28H26N2O4.C19H26N2O4.C19H24N2O4.C17H21BrN2O4.C13H16N2O2.C2H3.5CH4.BF3.K.5H2S/c1-2-17-8-7-13-19-18(15-29-26(17)19)14-25(27(31)32)30-28(33)34-16-24-22-11-5-3-9-20(22)21-10-4-6-12-23(21)24;2*1-6-12-8-7-9-14-13(11-20-16(12)14)10-15(17(22)24-5)21-18(23)25-19(2,3)4;1-17(2,3)24-16(22)20-13(15(21)23-4)8-10-9-19-14-11(10)6-5-7-12(14)18;1-2-8-4-3-5-10-9(7-15-12(8)10)6-11(14)13(16)17;1-2;;;;;;2-1(3)4;;;;;;/h3-13,15,24-25,29H,2,14,16H2,1H3,(H,30,33)(H,31,32);7-9,11,15,20H,6,10H2,1-5H3,(H,21,23);6-9,11,15,20H,1,10H2,2-5H3,(H,21,23);5-7,9,13,19H,8H2,1-4H3,(H,20,22);3-5,7,11,15H,2,6,14H2,1H3,(H,16,17);1H,2H2;5*1H4;;;5*1H2/q;;;;;-1;;;;;;;+1;;;;;/t25-;2*15-;13-;11-;;;;;;;;;;;;;/m00000............./s1. The van der Waals surface area contributed by atoms with Gasteiger partial charge in [-0.2, -0.15) is 67.5 Å². The molecule has 0 saturated carbocycles. The van der Waals surface area contributed by atoms with Gasteiger partial charge in [0.15, 0.2) is 0 Å². The fourth-order valence-electron chi connectivity index (χ4n) is 14.7. The van der Waals surface area contributed by atoms with Crippen molar-refractivity contribution >= 4 is 206 Å². The maximum atomic E-state index is 12.6. The summed E-state index contributed by atoms with van der Waals surface area (Å²) in [6.45, 7) is 33.1. The van der Waals surface area contributed by atoms with E-state index in [1.54, 1.807) is 68.4 Å². The number of benzene rings is 7. The van der Waals surface area contributed by atoms with E-state index in [4.69, 9.17) is 44.0 Å². The number of aromatic amines is 5. The van der Waals surface area contributed by atoms with Crippen LogP contribution in [0.4, 0.5) is 32.1 Å². The van der Waals surface area contributed by atoms with Gasteiger partial charge in [0.05, 0.1) is 32.4 Å². The van der Waals surface area contributed by atoms with Crippen molar-refractivity contribution in [2.75, 3.05) is 27.9 Å². The third kappa shape index (κ3) is 41.2. The zero-order valence-corrected chi connectivity index (χ0v) is 89.4. The molecule has 0 unspecified atom stereocenters. The number of aryl methyl sites for hydroxylation is 3. The molecule has 0 spiro atoms. The number of carbonyl (C=O) groups excluding carboxylic acids is 7. The summed E-state index contributed by atoms with van der Waals surface area (Å²) in [5.41, 5.74) is 22.3. The summed E-state index contributed by atoms with van der Waals surface area (Å²) in [4.78, 5) is 124. The largest absolute Gasteiger partial charge is 1.00 e. The number of nitrogens with one attached hydrogen (secondary N) is 9. The van der Waals surface area contributed by atoms with Crippen molar-refractivity contribution in [1.29, 1.82) is 0 Å². The van der Waals surface area contributed by atoms with E-state index >= 15 is 0 Å². The van der Waals surface area contributed by atoms with Gasteiger partial charge in [0, 0.05) is 117 Å². The summed E-state index contributed by atoms with van der Waals surface area (Å²) in [5, 5.41) is 33.9. The van der Waals surface area contributed by atoms with Crippen molar-refractivity contribution < 1.29 is 151 Å². The average molecular weight is 2160 g/mol. The second kappa shape index (κ2) is 66.7. The van der Waals surface area contributed by atoms with Crippen LogP contribution in [0.1, 0.15) is 187 Å². The summed E-state index contributed by atoms with van der Waals surface area (Å²) in [5.74, 6) is -3.71.